The van der Waals surface area contributed by atoms with E-state index in [4.69, 9.17) is 0 Å². The zero-order valence-corrected chi connectivity index (χ0v) is 15.3. The first-order chi connectivity index (χ1) is 13.5. The highest BCUT2D eigenvalue weighted by molar-refractivity contribution is 6.21. The number of amides is 3. The summed E-state index contributed by atoms with van der Waals surface area (Å²) in [7, 11) is 0. The lowest BCUT2D eigenvalue weighted by Crippen LogP contribution is -2.29. The lowest BCUT2D eigenvalue weighted by atomic mass is 10.1. The fraction of sp³-hybridized carbons (Fsp3) is 0.0870. The van der Waals surface area contributed by atoms with Crippen molar-refractivity contribution < 1.29 is 14.4 Å². The summed E-state index contributed by atoms with van der Waals surface area (Å²) in [4.78, 5) is 38.8. The number of rotatable bonds is 4. The summed E-state index contributed by atoms with van der Waals surface area (Å²) >= 11 is 0. The van der Waals surface area contributed by atoms with Gasteiger partial charge < -0.3 is 5.32 Å². The highest BCUT2D eigenvalue weighted by Gasteiger charge is 2.34. The third kappa shape index (κ3) is 3.30. The van der Waals surface area contributed by atoms with Crippen LogP contribution in [0.2, 0.25) is 0 Å². The van der Waals surface area contributed by atoms with E-state index in [0.29, 0.717) is 27.9 Å². The second kappa shape index (κ2) is 7.12. The number of imide groups is 1. The molecule has 138 valence electrons. The van der Waals surface area contributed by atoms with Crippen LogP contribution in [0.1, 0.15) is 42.2 Å². The van der Waals surface area contributed by atoms with Crippen molar-refractivity contribution in [3.8, 4) is 0 Å². The van der Waals surface area contributed by atoms with E-state index >= 15 is 0 Å². The van der Waals surface area contributed by atoms with E-state index in [1.54, 1.807) is 48.5 Å². The highest BCUT2D eigenvalue weighted by atomic mass is 16.2. The van der Waals surface area contributed by atoms with E-state index in [1.807, 2.05) is 31.2 Å². The Bertz CT molecular complexity index is 1050. The molecule has 28 heavy (non-hydrogen) atoms. The summed E-state index contributed by atoms with van der Waals surface area (Å²) in [6.45, 7) is 2.10. The smallest absolute Gasteiger partial charge is 0.261 e. The maximum atomic E-state index is 12.5. The van der Waals surface area contributed by atoms with E-state index in [0.717, 1.165) is 5.56 Å². The molecular weight excluding hydrogens is 352 g/mol. The molecular formula is C23H18N2O3. The third-order valence-corrected chi connectivity index (χ3v) is 4.72. The van der Waals surface area contributed by atoms with Gasteiger partial charge in [0.1, 0.15) is 0 Å². The van der Waals surface area contributed by atoms with Crippen LogP contribution < -0.4 is 5.32 Å². The summed E-state index contributed by atoms with van der Waals surface area (Å²) in [5.74, 6) is -0.863. The number of aryl methyl sites for hydroxylation is 1. The Kier molecular flexibility index (Phi) is 4.49. The van der Waals surface area contributed by atoms with Gasteiger partial charge in [-0.15, -0.1) is 0 Å². The summed E-state index contributed by atoms with van der Waals surface area (Å²) in [5, 5.41) is 2.85. The molecule has 0 saturated heterocycles. The van der Waals surface area contributed by atoms with Gasteiger partial charge in [0, 0.05) is 11.3 Å². The van der Waals surface area contributed by atoms with Crippen LogP contribution in [-0.2, 0) is 6.54 Å². The molecule has 0 aliphatic carbocycles. The molecule has 0 bridgehead atoms. The van der Waals surface area contributed by atoms with Crippen molar-refractivity contribution in [2.45, 2.75) is 13.5 Å². The molecule has 0 spiro atoms. The normalized spacial score (nSPS) is 12.8. The number of fused-ring (bicyclic) bond motifs is 1. The van der Waals surface area contributed by atoms with Crippen molar-refractivity contribution in [3.63, 3.8) is 0 Å². The van der Waals surface area contributed by atoms with Crippen molar-refractivity contribution in [1.82, 2.24) is 4.90 Å². The van der Waals surface area contributed by atoms with Gasteiger partial charge >= 0.3 is 0 Å². The van der Waals surface area contributed by atoms with Crippen molar-refractivity contribution in [1.29, 1.82) is 0 Å². The van der Waals surface area contributed by atoms with Crippen LogP contribution in [0.5, 0.6) is 0 Å². The molecule has 0 atom stereocenters. The van der Waals surface area contributed by atoms with Crippen LogP contribution in [-0.4, -0.2) is 22.6 Å². The number of benzene rings is 3. The van der Waals surface area contributed by atoms with Gasteiger partial charge in [0.05, 0.1) is 17.7 Å². The van der Waals surface area contributed by atoms with Gasteiger partial charge in [-0.25, -0.2) is 0 Å². The number of nitrogens with one attached hydrogen (secondary N) is 1. The predicted octanol–water partition coefficient (Wildman–Crippen LogP) is 4.04. The van der Waals surface area contributed by atoms with Gasteiger partial charge in [0.15, 0.2) is 0 Å². The minimum Gasteiger partial charge on any atom is -0.322 e. The Balaban J connectivity index is 1.51. The number of nitrogens with zero attached hydrogens (tertiary/aromatic N) is 1. The Labute approximate surface area is 162 Å². The van der Waals surface area contributed by atoms with E-state index in [2.05, 4.69) is 5.32 Å². The molecule has 5 nitrogen and oxygen atoms in total. The van der Waals surface area contributed by atoms with E-state index in [-0.39, 0.29) is 24.3 Å². The number of carbonyl (C=O) groups excluding carboxylic acids is 3. The van der Waals surface area contributed by atoms with Crippen molar-refractivity contribution in [3.05, 3.63) is 101 Å². The maximum Gasteiger partial charge on any atom is 0.261 e. The second-order valence-corrected chi connectivity index (χ2v) is 6.76. The molecule has 3 aromatic carbocycles. The Morgan fingerprint density at radius 3 is 2.14 bits per heavy atom. The summed E-state index contributed by atoms with van der Waals surface area (Å²) in [6.07, 6.45) is 0. The number of hydrogen-bond donors (Lipinski definition) is 1. The molecule has 1 heterocycles. The first-order valence-electron chi connectivity index (χ1n) is 8.95. The largest absolute Gasteiger partial charge is 0.322 e. The Morgan fingerprint density at radius 2 is 1.50 bits per heavy atom. The average molecular weight is 370 g/mol. The van der Waals surface area contributed by atoms with Gasteiger partial charge in [0.2, 0.25) is 0 Å². The van der Waals surface area contributed by atoms with Gasteiger partial charge in [-0.1, -0.05) is 42.0 Å². The summed E-state index contributed by atoms with van der Waals surface area (Å²) < 4.78 is 0. The maximum absolute atomic E-state index is 12.5. The van der Waals surface area contributed by atoms with Gasteiger partial charge in [-0.05, 0) is 48.9 Å². The number of hydrogen-bond acceptors (Lipinski definition) is 3. The summed E-state index contributed by atoms with van der Waals surface area (Å²) in [5.41, 5.74) is 3.84. The third-order valence-electron chi connectivity index (χ3n) is 4.72. The van der Waals surface area contributed by atoms with Crippen LogP contribution in [0, 0.1) is 6.92 Å². The van der Waals surface area contributed by atoms with Crippen LogP contribution in [0.4, 0.5) is 5.69 Å². The molecule has 0 fully saturated rings. The van der Waals surface area contributed by atoms with Crippen molar-refractivity contribution >= 4 is 23.4 Å². The van der Waals surface area contributed by atoms with Crippen molar-refractivity contribution in [2.75, 3.05) is 5.32 Å². The monoisotopic (exact) mass is 370 g/mol. The fourth-order valence-corrected chi connectivity index (χ4v) is 3.22. The van der Waals surface area contributed by atoms with Gasteiger partial charge in [-0.2, -0.15) is 0 Å². The SMILES string of the molecule is Cc1ccc(NC(=O)c2cccc(CN3C(=O)c4ccccc4C3=O)c2)cc1. The van der Waals surface area contributed by atoms with Gasteiger partial charge in [-0.3, -0.25) is 19.3 Å². The Hall–Kier alpha value is -3.73. The Morgan fingerprint density at radius 1 is 0.857 bits per heavy atom. The second-order valence-electron chi connectivity index (χ2n) is 6.76. The average Bonchev–Trinajstić information content (AvgIpc) is 2.95. The van der Waals surface area contributed by atoms with E-state index in [1.165, 1.54) is 4.90 Å². The van der Waals surface area contributed by atoms with E-state index in [9.17, 15) is 14.4 Å². The first kappa shape index (κ1) is 17.7. The van der Waals surface area contributed by atoms with Crippen molar-refractivity contribution in [2.24, 2.45) is 0 Å². The molecule has 4 rings (SSSR count). The molecule has 0 saturated carbocycles. The van der Waals surface area contributed by atoms with Crippen LogP contribution >= 0.6 is 0 Å². The minimum atomic E-state index is -0.310. The summed E-state index contributed by atoms with van der Waals surface area (Å²) in [6, 6.07) is 21.3. The zero-order valence-electron chi connectivity index (χ0n) is 15.3. The lowest BCUT2D eigenvalue weighted by molar-refractivity contribution is 0.0642. The molecule has 1 N–H and O–H groups in total. The topological polar surface area (TPSA) is 66.5 Å². The standard InChI is InChI=1S/C23H18N2O3/c1-15-9-11-18(12-10-15)24-21(26)17-6-4-5-16(13-17)14-25-22(27)19-7-2-3-8-20(19)23(25)28/h2-13H,14H2,1H3,(H,24,26). The quantitative estimate of drug-likeness (QED) is 0.705. The molecule has 0 unspecified atom stereocenters. The molecule has 3 amide bonds. The fourth-order valence-electron chi connectivity index (χ4n) is 3.22. The number of anilines is 1. The molecule has 1 aliphatic rings. The van der Waals surface area contributed by atoms with Gasteiger partial charge in [0.25, 0.3) is 17.7 Å². The van der Waals surface area contributed by atoms with E-state index < -0.39 is 0 Å². The molecule has 0 radical (unpaired) electrons. The molecule has 3 aromatic rings. The lowest BCUT2D eigenvalue weighted by Gasteiger charge is -2.14. The molecule has 5 heteroatoms. The van der Waals surface area contributed by atoms with Crippen LogP contribution in [0.15, 0.2) is 72.8 Å². The minimum absolute atomic E-state index is 0.123. The number of carbonyl (C=O) groups is 3. The molecule has 0 aromatic heterocycles. The molecule has 1 aliphatic heterocycles. The predicted molar refractivity (Wildman–Crippen MR) is 106 cm³/mol. The highest BCUT2D eigenvalue weighted by Crippen LogP contribution is 2.24. The van der Waals surface area contributed by atoms with Crippen LogP contribution in [0.25, 0.3) is 0 Å². The van der Waals surface area contributed by atoms with Crippen LogP contribution in [0.3, 0.4) is 0 Å². The first-order valence-corrected chi connectivity index (χ1v) is 8.95. The zero-order chi connectivity index (χ0) is 19.7.